The number of carbonyl (C=O) groups is 1. The minimum atomic E-state index is -4.37. The molecule has 38 heavy (non-hydrogen) atoms. The molecule has 0 bridgehead atoms. The Kier molecular flexibility index (Phi) is 6.16. The van der Waals surface area contributed by atoms with Gasteiger partial charge in [-0.15, -0.1) is 0 Å². The van der Waals surface area contributed by atoms with Gasteiger partial charge in [0.2, 0.25) is 11.9 Å². The molecule has 198 valence electrons. The normalized spacial score (nSPS) is 15.8. The predicted octanol–water partition coefficient (Wildman–Crippen LogP) is 0.850. The van der Waals surface area contributed by atoms with E-state index in [0.717, 1.165) is 9.47 Å². The first-order chi connectivity index (χ1) is 18.0. The standard InChI is InChI=1S/C22H21F3N10O3/c1-32-18-16(19(37)33(2)21(32)38)34(11-29-18)10-15(36)30-14-5-6-26-17(31-14)12-8-27-20(28-9-12)35-7-3-4-13(35)22(23,24)25/h5-6,8-9,11,13H,3-4,7,10H2,1-2H3,(H,26,30,31,36)/t13-/m0/s1. The van der Waals surface area contributed by atoms with Crippen LogP contribution < -0.4 is 21.5 Å². The number of halogens is 3. The lowest BCUT2D eigenvalue weighted by Crippen LogP contribution is -2.42. The fraction of sp³-hybridized carbons (Fsp3) is 0.364. The summed E-state index contributed by atoms with van der Waals surface area (Å²) in [6, 6.07) is -0.176. The lowest BCUT2D eigenvalue weighted by atomic mass is 10.2. The molecule has 0 saturated carbocycles. The van der Waals surface area contributed by atoms with E-state index in [1.807, 2.05) is 0 Å². The summed E-state index contributed by atoms with van der Waals surface area (Å²) in [6.07, 6.45) is 1.34. The molecule has 0 radical (unpaired) electrons. The molecule has 0 spiro atoms. The molecular weight excluding hydrogens is 509 g/mol. The second-order valence-electron chi connectivity index (χ2n) is 8.73. The van der Waals surface area contributed by atoms with Crippen LogP contribution >= 0.6 is 0 Å². The van der Waals surface area contributed by atoms with E-state index >= 15 is 0 Å². The maximum atomic E-state index is 13.3. The number of nitrogens with zero attached hydrogens (tertiary/aromatic N) is 9. The Morgan fingerprint density at radius 3 is 2.55 bits per heavy atom. The van der Waals surface area contributed by atoms with Crippen LogP contribution in [0.25, 0.3) is 22.6 Å². The first-order valence-electron chi connectivity index (χ1n) is 11.4. The highest BCUT2D eigenvalue weighted by Crippen LogP contribution is 2.34. The highest BCUT2D eigenvalue weighted by atomic mass is 19.4. The number of rotatable bonds is 5. The number of imidazole rings is 1. The lowest BCUT2D eigenvalue weighted by Gasteiger charge is -2.26. The molecule has 5 rings (SSSR count). The van der Waals surface area contributed by atoms with Gasteiger partial charge in [0.25, 0.3) is 5.56 Å². The first kappa shape index (κ1) is 25.0. The number of fused-ring (bicyclic) bond motifs is 1. The van der Waals surface area contributed by atoms with Crippen molar-refractivity contribution in [3.63, 3.8) is 0 Å². The summed E-state index contributed by atoms with van der Waals surface area (Å²) in [4.78, 5) is 59.1. The number of aryl methyl sites for hydroxylation is 1. The zero-order valence-electron chi connectivity index (χ0n) is 20.2. The smallest absolute Gasteiger partial charge is 0.329 e. The van der Waals surface area contributed by atoms with Gasteiger partial charge in [0, 0.05) is 39.2 Å². The number of hydrogen-bond acceptors (Lipinski definition) is 9. The number of anilines is 2. The second kappa shape index (κ2) is 9.35. The average Bonchev–Trinajstić information content (AvgIpc) is 3.54. The van der Waals surface area contributed by atoms with Crippen molar-refractivity contribution in [1.29, 1.82) is 0 Å². The third-order valence-corrected chi connectivity index (χ3v) is 6.24. The summed E-state index contributed by atoms with van der Waals surface area (Å²) >= 11 is 0. The van der Waals surface area contributed by atoms with Crippen molar-refractivity contribution in [1.82, 2.24) is 38.6 Å². The maximum Gasteiger partial charge on any atom is 0.408 e. The molecule has 1 saturated heterocycles. The first-order valence-corrected chi connectivity index (χ1v) is 11.4. The molecule has 0 aromatic carbocycles. The van der Waals surface area contributed by atoms with Gasteiger partial charge in [-0.05, 0) is 18.9 Å². The summed E-state index contributed by atoms with van der Waals surface area (Å²) in [7, 11) is 2.81. The minimum Gasteiger partial charge on any atom is -0.329 e. The van der Waals surface area contributed by atoms with Crippen molar-refractivity contribution in [3.8, 4) is 11.4 Å². The van der Waals surface area contributed by atoms with Crippen molar-refractivity contribution in [3.05, 3.63) is 51.8 Å². The van der Waals surface area contributed by atoms with E-state index in [9.17, 15) is 27.6 Å². The molecule has 1 aliphatic rings. The molecule has 5 heterocycles. The van der Waals surface area contributed by atoms with Crippen LogP contribution in [0.15, 0.2) is 40.6 Å². The lowest BCUT2D eigenvalue weighted by molar-refractivity contribution is -0.146. The van der Waals surface area contributed by atoms with Gasteiger partial charge in [-0.2, -0.15) is 13.2 Å². The molecule has 1 atom stereocenters. The van der Waals surface area contributed by atoms with Gasteiger partial charge < -0.3 is 14.8 Å². The minimum absolute atomic E-state index is 0.0129. The van der Waals surface area contributed by atoms with E-state index < -0.39 is 29.4 Å². The molecule has 0 aliphatic carbocycles. The van der Waals surface area contributed by atoms with E-state index in [-0.39, 0.29) is 48.3 Å². The Hall–Kier alpha value is -4.63. The number of hydrogen-bond donors (Lipinski definition) is 1. The molecule has 0 unspecified atom stereocenters. The average molecular weight is 530 g/mol. The van der Waals surface area contributed by atoms with E-state index in [1.54, 1.807) is 0 Å². The molecule has 1 aliphatic heterocycles. The van der Waals surface area contributed by atoms with Gasteiger partial charge in [-0.25, -0.2) is 29.7 Å². The second-order valence-corrected chi connectivity index (χ2v) is 8.73. The molecular formula is C22H21F3N10O3. The fourth-order valence-corrected chi connectivity index (χ4v) is 4.35. The van der Waals surface area contributed by atoms with Gasteiger partial charge >= 0.3 is 11.9 Å². The third-order valence-electron chi connectivity index (χ3n) is 6.24. The Morgan fingerprint density at radius 2 is 1.84 bits per heavy atom. The highest BCUT2D eigenvalue weighted by molar-refractivity contribution is 5.90. The number of aromatic nitrogens is 8. The van der Waals surface area contributed by atoms with Crippen LogP contribution in [0.4, 0.5) is 24.9 Å². The van der Waals surface area contributed by atoms with Crippen molar-refractivity contribution < 1.29 is 18.0 Å². The van der Waals surface area contributed by atoms with Crippen LogP contribution in [-0.2, 0) is 25.4 Å². The number of carbonyl (C=O) groups excluding carboxylic acids is 1. The molecule has 4 aromatic rings. The molecule has 1 N–H and O–H groups in total. The van der Waals surface area contributed by atoms with E-state index in [4.69, 9.17) is 0 Å². The summed E-state index contributed by atoms with van der Waals surface area (Å²) in [5.74, 6) is -0.261. The van der Waals surface area contributed by atoms with Gasteiger partial charge in [-0.1, -0.05) is 0 Å². The number of nitrogens with one attached hydrogen (secondary N) is 1. The maximum absolute atomic E-state index is 13.3. The summed E-state index contributed by atoms with van der Waals surface area (Å²) in [6.45, 7) is -0.0760. The number of alkyl halides is 3. The van der Waals surface area contributed by atoms with Crippen LogP contribution in [0.2, 0.25) is 0 Å². The van der Waals surface area contributed by atoms with Gasteiger partial charge in [0.05, 0.1) is 11.9 Å². The molecule has 1 amide bonds. The Bertz CT molecular complexity index is 1640. The predicted molar refractivity (Wildman–Crippen MR) is 128 cm³/mol. The van der Waals surface area contributed by atoms with Crippen LogP contribution in [0.1, 0.15) is 12.8 Å². The third kappa shape index (κ3) is 4.48. The molecule has 4 aromatic heterocycles. The molecule has 16 heteroatoms. The van der Waals surface area contributed by atoms with Crippen molar-refractivity contribution in [2.24, 2.45) is 14.1 Å². The van der Waals surface area contributed by atoms with E-state index in [1.165, 1.54) is 54.2 Å². The zero-order chi connectivity index (χ0) is 27.2. The van der Waals surface area contributed by atoms with Crippen molar-refractivity contribution >= 4 is 28.8 Å². The van der Waals surface area contributed by atoms with Crippen LogP contribution in [0, 0.1) is 0 Å². The van der Waals surface area contributed by atoms with Crippen LogP contribution in [0.5, 0.6) is 0 Å². The van der Waals surface area contributed by atoms with Gasteiger partial charge in [0.15, 0.2) is 17.0 Å². The molecule has 1 fully saturated rings. The Labute approximate surface area is 211 Å². The Balaban J connectivity index is 1.32. The summed E-state index contributed by atoms with van der Waals surface area (Å²) in [5.41, 5.74) is -0.539. The fourth-order valence-electron chi connectivity index (χ4n) is 4.35. The largest absolute Gasteiger partial charge is 0.408 e. The van der Waals surface area contributed by atoms with Gasteiger partial charge in [-0.3, -0.25) is 18.7 Å². The monoisotopic (exact) mass is 530 g/mol. The topological polar surface area (TPSA) is 146 Å². The SMILES string of the molecule is Cn1c(=O)c2c(ncn2CC(=O)Nc2ccnc(-c3cnc(N4CCC[C@H]4C(F)(F)F)nc3)n2)n(C)c1=O. The van der Waals surface area contributed by atoms with Crippen molar-refractivity contribution in [2.45, 2.75) is 31.6 Å². The van der Waals surface area contributed by atoms with E-state index in [2.05, 4.69) is 30.2 Å². The number of amides is 1. The quantitative estimate of drug-likeness (QED) is 0.397. The zero-order valence-corrected chi connectivity index (χ0v) is 20.2. The summed E-state index contributed by atoms with van der Waals surface area (Å²) in [5, 5.41) is 2.60. The van der Waals surface area contributed by atoms with Crippen LogP contribution in [-0.4, -0.2) is 63.3 Å². The highest BCUT2D eigenvalue weighted by Gasteiger charge is 2.46. The van der Waals surface area contributed by atoms with E-state index in [0.29, 0.717) is 12.0 Å². The molecule has 13 nitrogen and oxygen atoms in total. The van der Waals surface area contributed by atoms with Crippen LogP contribution in [0.3, 0.4) is 0 Å². The van der Waals surface area contributed by atoms with Crippen molar-refractivity contribution in [2.75, 3.05) is 16.8 Å². The van der Waals surface area contributed by atoms with Gasteiger partial charge in [0.1, 0.15) is 18.4 Å². The summed E-state index contributed by atoms with van der Waals surface area (Å²) < 4.78 is 43.3. The Morgan fingerprint density at radius 1 is 1.11 bits per heavy atom.